The van der Waals surface area contributed by atoms with Gasteiger partial charge in [-0.15, -0.1) is 0 Å². The third-order valence-electron chi connectivity index (χ3n) is 5.74. The van der Waals surface area contributed by atoms with Gasteiger partial charge in [-0.1, -0.05) is 24.0 Å². The van der Waals surface area contributed by atoms with E-state index in [9.17, 15) is 14.7 Å². The van der Waals surface area contributed by atoms with E-state index in [1.54, 1.807) is 43.3 Å². The number of amides is 2. The molecule has 8 nitrogen and oxygen atoms in total. The van der Waals surface area contributed by atoms with Crippen LogP contribution in [0.15, 0.2) is 30.3 Å². The molecule has 2 amide bonds. The van der Waals surface area contributed by atoms with Gasteiger partial charge in [-0.25, -0.2) is 9.37 Å². The number of hydrogen-bond donors (Lipinski definition) is 2. The number of rotatable bonds is 4. The fourth-order valence-corrected chi connectivity index (χ4v) is 3.71. The predicted molar refractivity (Wildman–Crippen MR) is 115 cm³/mol. The highest BCUT2D eigenvalue weighted by molar-refractivity contribution is 5.97. The molecule has 0 spiro atoms. The predicted octanol–water partition coefficient (Wildman–Crippen LogP) is 1.11. The number of halogens is 1. The van der Waals surface area contributed by atoms with Crippen LogP contribution in [0.3, 0.4) is 0 Å². The SMILES string of the molecule is CN1CC[C@@](O)(C#Cc2cccc(-c3nc(C(N)=O)c(N(C)[C@@H]4CCO4)cc3F)c2)C1=O. The molecule has 9 heteroatoms. The molecule has 2 fully saturated rings. The van der Waals surface area contributed by atoms with Crippen LogP contribution in [0.2, 0.25) is 0 Å². The van der Waals surface area contributed by atoms with E-state index in [0.29, 0.717) is 24.3 Å². The number of ether oxygens (including phenoxy) is 1. The summed E-state index contributed by atoms with van der Waals surface area (Å²) in [6.45, 7) is 1.02. The zero-order valence-electron chi connectivity index (χ0n) is 17.8. The largest absolute Gasteiger partial charge is 0.369 e. The average molecular weight is 438 g/mol. The number of likely N-dealkylation sites (tertiary alicyclic amines) is 1. The summed E-state index contributed by atoms with van der Waals surface area (Å²) < 4.78 is 20.4. The maximum atomic E-state index is 15.0. The lowest BCUT2D eigenvalue weighted by atomic mass is 10.0. The number of likely N-dealkylation sites (N-methyl/N-ethyl adjacent to an activating group) is 1. The number of carbonyl (C=O) groups is 2. The topological polar surface area (TPSA) is 109 Å². The minimum absolute atomic E-state index is 0.0514. The van der Waals surface area contributed by atoms with Crippen LogP contribution >= 0.6 is 0 Å². The van der Waals surface area contributed by atoms with E-state index in [1.807, 2.05) is 0 Å². The molecule has 2 aromatic rings. The van der Waals surface area contributed by atoms with Crippen molar-refractivity contribution >= 4 is 17.5 Å². The van der Waals surface area contributed by atoms with E-state index in [0.717, 1.165) is 6.42 Å². The molecule has 0 saturated carbocycles. The molecule has 3 N–H and O–H groups in total. The van der Waals surface area contributed by atoms with Crippen LogP contribution in [-0.4, -0.2) is 65.9 Å². The maximum Gasteiger partial charge on any atom is 0.269 e. The summed E-state index contributed by atoms with van der Waals surface area (Å²) in [5.41, 5.74) is 4.77. The molecule has 0 unspecified atom stereocenters. The van der Waals surface area contributed by atoms with Gasteiger partial charge in [0.2, 0.25) is 5.60 Å². The van der Waals surface area contributed by atoms with E-state index in [1.165, 1.54) is 11.0 Å². The summed E-state index contributed by atoms with van der Waals surface area (Å²) in [6, 6.07) is 7.75. The Bertz CT molecular complexity index is 1150. The summed E-state index contributed by atoms with van der Waals surface area (Å²) in [5, 5.41) is 10.5. The molecule has 4 rings (SSSR count). The standard InChI is InChI=1S/C23H23FN4O4/c1-27-10-9-23(31,22(27)30)8-6-14-4-3-5-15(12-14)19-16(24)13-17(20(26-19)21(25)29)28(2)18-7-11-32-18/h3-5,12-13,18,31H,7,9-11H2,1-2H3,(H2,25,29)/t18-,23-/m0/s1. The molecule has 3 heterocycles. The lowest BCUT2D eigenvalue weighted by Crippen LogP contribution is -2.43. The first-order valence-corrected chi connectivity index (χ1v) is 10.2. The molecule has 2 atom stereocenters. The monoisotopic (exact) mass is 438 g/mol. The Morgan fingerprint density at radius 2 is 2.19 bits per heavy atom. The molecule has 2 aliphatic rings. The first-order valence-electron chi connectivity index (χ1n) is 10.2. The molecule has 166 valence electrons. The van der Waals surface area contributed by atoms with Gasteiger partial charge < -0.3 is 25.4 Å². The highest BCUT2D eigenvalue weighted by Crippen LogP contribution is 2.30. The zero-order chi connectivity index (χ0) is 23.0. The Hall–Kier alpha value is -3.48. The highest BCUT2D eigenvalue weighted by Gasteiger charge is 2.42. The van der Waals surface area contributed by atoms with Crippen molar-refractivity contribution in [2.45, 2.75) is 24.7 Å². The van der Waals surface area contributed by atoms with Gasteiger partial charge in [0, 0.05) is 50.7 Å². The fraction of sp³-hybridized carbons (Fsp3) is 0.348. The first kappa shape index (κ1) is 21.7. The number of pyridine rings is 1. The minimum Gasteiger partial charge on any atom is -0.369 e. The first-order chi connectivity index (χ1) is 15.2. The number of benzene rings is 1. The van der Waals surface area contributed by atoms with E-state index in [-0.39, 0.29) is 29.7 Å². The number of aromatic nitrogens is 1. The number of aliphatic hydroxyl groups is 1. The number of primary amides is 1. The Kier molecular flexibility index (Phi) is 5.59. The summed E-state index contributed by atoms with van der Waals surface area (Å²) in [6.07, 6.45) is 0.706. The lowest BCUT2D eigenvalue weighted by molar-refractivity contribution is -0.137. The Morgan fingerprint density at radius 1 is 1.44 bits per heavy atom. The maximum absolute atomic E-state index is 15.0. The van der Waals surface area contributed by atoms with Crippen LogP contribution < -0.4 is 10.6 Å². The molecule has 32 heavy (non-hydrogen) atoms. The summed E-state index contributed by atoms with van der Waals surface area (Å²) in [4.78, 5) is 31.4. The van der Waals surface area contributed by atoms with Crippen molar-refractivity contribution in [3.63, 3.8) is 0 Å². The number of carbonyl (C=O) groups excluding carboxylic acids is 2. The fourth-order valence-electron chi connectivity index (χ4n) is 3.71. The van der Waals surface area contributed by atoms with Crippen molar-refractivity contribution in [1.82, 2.24) is 9.88 Å². The van der Waals surface area contributed by atoms with Gasteiger partial charge in [-0.05, 0) is 12.1 Å². The molecule has 1 aromatic heterocycles. The van der Waals surface area contributed by atoms with Gasteiger partial charge >= 0.3 is 0 Å². The summed E-state index contributed by atoms with van der Waals surface area (Å²) >= 11 is 0. The quantitative estimate of drug-likeness (QED) is 0.693. The average Bonchev–Trinajstić information content (AvgIpc) is 2.98. The third kappa shape index (κ3) is 3.90. The van der Waals surface area contributed by atoms with Crippen LogP contribution in [0.5, 0.6) is 0 Å². The molecule has 0 radical (unpaired) electrons. The number of nitrogens with zero attached hydrogens (tertiary/aromatic N) is 3. The van der Waals surface area contributed by atoms with Crippen molar-refractivity contribution < 1.29 is 23.8 Å². The van der Waals surface area contributed by atoms with Crippen LogP contribution in [0, 0.1) is 17.7 Å². The van der Waals surface area contributed by atoms with Gasteiger partial charge in [-0.3, -0.25) is 9.59 Å². The minimum atomic E-state index is -1.73. The molecule has 2 aliphatic heterocycles. The zero-order valence-corrected chi connectivity index (χ0v) is 17.8. The van der Waals surface area contributed by atoms with Crippen molar-refractivity contribution in [1.29, 1.82) is 0 Å². The highest BCUT2D eigenvalue weighted by atomic mass is 19.1. The second-order valence-electron chi connectivity index (χ2n) is 7.94. The molecule has 2 saturated heterocycles. The van der Waals surface area contributed by atoms with Crippen molar-refractivity contribution in [2.24, 2.45) is 5.73 Å². The normalized spacial score (nSPS) is 22.2. The molecule has 0 aliphatic carbocycles. The van der Waals surface area contributed by atoms with Crippen molar-refractivity contribution in [3.05, 3.63) is 47.4 Å². The van der Waals surface area contributed by atoms with Gasteiger partial charge in [0.1, 0.15) is 11.9 Å². The number of anilines is 1. The lowest BCUT2D eigenvalue weighted by Gasteiger charge is -2.36. The van der Waals surface area contributed by atoms with Crippen LogP contribution in [-0.2, 0) is 9.53 Å². The number of hydrogen-bond acceptors (Lipinski definition) is 6. The van der Waals surface area contributed by atoms with Gasteiger partial charge in [0.15, 0.2) is 11.5 Å². The molecular weight excluding hydrogens is 415 g/mol. The van der Waals surface area contributed by atoms with E-state index >= 15 is 4.39 Å². The smallest absolute Gasteiger partial charge is 0.269 e. The van der Waals surface area contributed by atoms with Crippen LogP contribution in [0.4, 0.5) is 10.1 Å². The summed E-state index contributed by atoms with van der Waals surface area (Å²) in [7, 11) is 3.29. The van der Waals surface area contributed by atoms with Crippen LogP contribution in [0.1, 0.15) is 28.9 Å². The van der Waals surface area contributed by atoms with Gasteiger partial charge in [0.25, 0.3) is 11.8 Å². The van der Waals surface area contributed by atoms with Crippen molar-refractivity contribution in [2.75, 3.05) is 32.1 Å². The van der Waals surface area contributed by atoms with Crippen molar-refractivity contribution in [3.8, 4) is 23.1 Å². The van der Waals surface area contributed by atoms with E-state index < -0.39 is 23.2 Å². The molecular formula is C23H23FN4O4. The second kappa shape index (κ2) is 8.22. The Morgan fingerprint density at radius 3 is 2.78 bits per heavy atom. The second-order valence-corrected chi connectivity index (χ2v) is 7.94. The summed E-state index contributed by atoms with van der Waals surface area (Å²) in [5.74, 6) is 3.56. The third-order valence-corrected chi connectivity index (χ3v) is 5.74. The number of nitrogens with two attached hydrogens (primary N) is 1. The Balaban J connectivity index is 1.69. The van der Waals surface area contributed by atoms with E-state index in [2.05, 4.69) is 16.8 Å². The molecule has 1 aromatic carbocycles. The van der Waals surface area contributed by atoms with Gasteiger partial charge in [-0.2, -0.15) is 0 Å². The Labute approximate surface area is 184 Å². The van der Waals surface area contributed by atoms with Crippen LogP contribution in [0.25, 0.3) is 11.3 Å². The molecule has 0 bridgehead atoms. The van der Waals surface area contributed by atoms with Gasteiger partial charge in [0.05, 0.1) is 12.3 Å². The van der Waals surface area contributed by atoms with E-state index in [4.69, 9.17) is 10.5 Å².